The fraction of sp³-hybridized carbons (Fsp3) is 0.0909. The van der Waals surface area contributed by atoms with Crippen LogP contribution >= 0.6 is 11.6 Å². The minimum atomic E-state index is -4.65. The first kappa shape index (κ1) is 24.3. The number of ketones is 1. The molecule has 172 valence electrons. The molecule has 0 unspecified atom stereocenters. The lowest BCUT2D eigenvalue weighted by molar-refractivity contribution is -0.137. The number of Topliss-reactive ketones (excluding diaryl/α,β-unsaturated/α-hetero) is 1. The third-order valence-corrected chi connectivity index (χ3v) is 6.17. The fourth-order valence-corrected chi connectivity index (χ4v) is 4.11. The van der Waals surface area contributed by atoms with Gasteiger partial charge in [0.25, 0.3) is 15.9 Å². The molecule has 0 spiro atoms. The lowest BCUT2D eigenvalue weighted by Gasteiger charge is -2.13. The van der Waals surface area contributed by atoms with Crippen LogP contribution in [-0.2, 0) is 16.2 Å². The van der Waals surface area contributed by atoms with Crippen molar-refractivity contribution in [3.63, 3.8) is 0 Å². The van der Waals surface area contributed by atoms with E-state index in [0.717, 1.165) is 24.3 Å². The van der Waals surface area contributed by atoms with E-state index in [4.69, 9.17) is 11.6 Å². The summed E-state index contributed by atoms with van der Waals surface area (Å²) in [6.45, 7) is 1.36. The summed E-state index contributed by atoms with van der Waals surface area (Å²) in [6.07, 6.45) is -4.65. The highest BCUT2D eigenvalue weighted by Gasteiger charge is 2.31. The van der Waals surface area contributed by atoms with E-state index in [1.165, 1.54) is 31.2 Å². The molecule has 11 heteroatoms. The summed E-state index contributed by atoms with van der Waals surface area (Å²) in [5.41, 5.74) is -0.852. The van der Waals surface area contributed by atoms with Crippen LogP contribution in [0, 0.1) is 0 Å². The second-order valence-corrected chi connectivity index (χ2v) is 9.01. The van der Waals surface area contributed by atoms with Gasteiger partial charge < -0.3 is 5.32 Å². The highest BCUT2D eigenvalue weighted by Crippen LogP contribution is 2.31. The van der Waals surface area contributed by atoms with Crippen LogP contribution in [0.4, 0.5) is 24.5 Å². The van der Waals surface area contributed by atoms with Crippen molar-refractivity contribution in [2.45, 2.75) is 18.0 Å². The maximum absolute atomic E-state index is 12.9. The van der Waals surface area contributed by atoms with Crippen molar-refractivity contribution in [3.05, 3.63) is 88.4 Å². The molecule has 0 heterocycles. The highest BCUT2D eigenvalue weighted by atomic mass is 35.5. The molecule has 0 aliphatic heterocycles. The molecule has 0 radical (unpaired) electrons. The Labute approximate surface area is 192 Å². The molecule has 0 saturated heterocycles. The van der Waals surface area contributed by atoms with Gasteiger partial charge in [-0.15, -0.1) is 0 Å². The second-order valence-electron chi connectivity index (χ2n) is 6.92. The molecule has 0 aromatic heterocycles. The number of carbonyl (C=O) groups excluding carboxylic acids is 2. The Morgan fingerprint density at radius 1 is 0.909 bits per heavy atom. The molecule has 1 amide bonds. The first-order chi connectivity index (χ1) is 15.4. The number of hydrogen-bond acceptors (Lipinski definition) is 4. The van der Waals surface area contributed by atoms with E-state index in [2.05, 4.69) is 10.0 Å². The van der Waals surface area contributed by atoms with Crippen molar-refractivity contribution in [2.24, 2.45) is 0 Å². The standard InChI is InChI=1S/C22H16ClF3N2O4S/c1-13(29)14-4-2-6-16(10-14)27-21(30)19-12-18(8-9-20(19)23)33(31,32)28-17-7-3-5-15(11-17)22(24,25)26/h2-12,28H,1H3,(H,27,30). The number of amides is 1. The van der Waals surface area contributed by atoms with Crippen LogP contribution in [-0.4, -0.2) is 20.1 Å². The Hall–Kier alpha value is -3.37. The largest absolute Gasteiger partial charge is 0.416 e. The predicted molar refractivity (Wildman–Crippen MR) is 118 cm³/mol. The Balaban J connectivity index is 1.88. The third-order valence-electron chi connectivity index (χ3n) is 4.46. The Morgan fingerprint density at radius 3 is 2.24 bits per heavy atom. The molecule has 0 fully saturated rings. The quantitative estimate of drug-likeness (QED) is 0.433. The van der Waals surface area contributed by atoms with E-state index in [1.54, 1.807) is 12.1 Å². The average Bonchev–Trinajstić information content (AvgIpc) is 2.73. The van der Waals surface area contributed by atoms with Crippen LogP contribution in [0.3, 0.4) is 0 Å². The van der Waals surface area contributed by atoms with E-state index < -0.39 is 27.7 Å². The maximum Gasteiger partial charge on any atom is 0.416 e. The zero-order valence-electron chi connectivity index (χ0n) is 16.9. The molecule has 3 aromatic carbocycles. The smallest absolute Gasteiger partial charge is 0.322 e. The van der Waals surface area contributed by atoms with Gasteiger partial charge in [-0.2, -0.15) is 13.2 Å². The third kappa shape index (κ3) is 5.91. The molecular formula is C22H16ClF3N2O4S. The normalized spacial score (nSPS) is 11.7. The summed E-state index contributed by atoms with van der Waals surface area (Å²) < 4.78 is 66.2. The lowest BCUT2D eigenvalue weighted by atomic mass is 10.1. The molecule has 0 aliphatic rings. The zero-order valence-corrected chi connectivity index (χ0v) is 18.5. The fourth-order valence-electron chi connectivity index (χ4n) is 2.83. The zero-order chi connectivity index (χ0) is 24.4. The van der Waals surface area contributed by atoms with Gasteiger partial charge in [0, 0.05) is 16.9 Å². The van der Waals surface area contributed by atoms with Crippen LogP contribution in [0.5, 0.6) is 0 Å². The Bertz CT molecular complexity index is 1340. The number of halogens is 4. The molecule has 0 aliphatic carbocycles. The molecule has 0 saturated carbocycles. The Morgan fingerprint density at radius 2 is 1.58 bits per heavy atom. The minimum absolute atomic E-state index is 0.0479. The first-order valence-electron chi connectivity index (χ1n) is 9.29. The van der Waals surface area contributed by atoms with Gasteiger partial charge in [-0.25, -0.2) is 8.42 Å². The molecule has 6 nitrogen and oxygen atoms in total. The van der Waals surface area contributed by atoms with Crippen molar-refractivity contribution in [2.75, 3.05) is 10.0 Å². The monoisotopic (exact) mass is 496 g/mol. The second kappa shape index (κ2) is 9.24. The predicted octanol–water partition coefficient (Wildman–Crippen LogP) is 5.61. The molecule has 2 N–H and O–H groups in total. The summed E-state index contributed by atoms with van der Waals surface area (Å²) in [4.78, 5) is 23.8. The molecule has 33 heavy (non-hydrogen) atoms. The summed E-state index contributed by atoms with van der Waals surface area (Å²) in [6, 6.07) is 13.1. The van der Waals surface area contributed by atoms with E-state index in [9.17, 15) is 31.2 Å². The summed E-state index contributed by atoms with van der Waals surface area (Å²) in [5, 5.41) is 2.48. The first-order valence-corrected chi connectivity index (χ1v) is 11.1. The van der Waals surface area contributed by atoms with Crippen LogP contribution in [0.15, 0.2) is 71.6 Å². The van der Waals surface area contributed by atoms with Gasteiger partial charge in [-0.1, -0.05) is 29.8 Å². The summed E-state index contributed by atoms with van der Waals surface area (Å²) >= 11 is 6.07. The van der Waals surface area contributed by atoms with Gasteiger partial charge in [0.2, 0.25) is 0 Å². The van der Waals surface area contributed by atoms with Crippen LogP contribution in [0.1, 0.15) is 33.2 Å². The average molecular weight is 497 g/mol. The van der Waals surface area contributed by atoms with Gasteiger partial charge in [-0.3, -0.25) is 14.3 Å². The van der Waals surface area contributed by atoms with E-state index in [1.807, 2.05) is 0 Å². The SMILES string of the molecule is CC(=O)c1cccc(NC(=O)c2cc(S(=O)(=O)Nc3cccc(C(F)(F)F)c3)ccc2Cl)c1. The van der Waals surface area contributed by atoms with E-state index in [0.29, 0.717) is 17.3 Å². The number of anilines is 2. The maximum atomic E-state index is 12.9. The van der Waals surface area contributed by atoms with Crippen LogP contribution in [0.25, 0.3) is 0 Å². The Kier molecular flexibility index (Phi) is 6.80. The number of hydrogen-bond donors (Lipinski definition) is 2. The van der Waals surface area contributed by atoms with Crippen molar-refractivity contribution >= 4 is 44.7 Å². The highest BCUT2D eigenvalue weighted by molar-refractivity contribution is 7.92. The lowest BCUT2D eigenvalue weighted by Crippen LogP contribution is -2.17. The van der Waals surface area contributed by atoms with Crippen LogP contribution in [0.2, 0.25) is 5.02 Å². The number of benzene rings is 3. The number of nitrogens with one attached hydrogen (secondary N) is 2. The molecule has 3 rings (SSSR count). The van der Waals surface area contributed by atoms with Gasteiger partial charge in [0.15, 0.2) is 5.78 Å². The van der Waals surface area contributed by atoms with Gasteiger partial charge >= 0.3 is 6.18 Å². The van der Waals surface area contributed by atoms with Crippen molar-refractivity contribution in [1.29, 1.82) is 0 Å². The van der Waals surface area contributed by atoms with Gasteiger partial charge in [-0.05, 0) is 55.5 Å². The van der Waals surface area contributed by atoms with E-state index >= 15 is 0 Å². The van der Waals surface area contributed by atoms with Crippen molar-refractivity contribution in [3.8, 4) is 0 Å². The molecular weight excluding hydrogens is 481 g/mol. The van der Waals surface area contributed by atoms with Crippen molar-refractivity contribution < 1.29 is 31.2 Å². The molecule has 0 atom stereocenters. The topological polar surface area (TPSA) is 92.3 Å². The van der Waals surface area contributed by atoms with Gasteiger partial charge in [0.05, 0.1) is 21.0 Å². The van der Waals surface area contributed by atoms with E-state index in [-0.39, 0.29) is 27.0 Å². The molecule has 3 aromatic rings. The van der Waals surface area contributed by atoms with Crippen LogP contribution < -0.4 is 10.0 Å². The number of rotatable bonds is 6. The molecule has 0 bridgehead atoms. The van der Waals surface area contributed by atoms with Gasteiger partial charge in [0.1, 0.15) is 0 Å². The number of alkyl halides is 3. The van der Waals surface area contributed by atoms with Crippen molar-refractivity contribution in [1.82, 2.24) is 0 Å². The summed E-state index contributed by atoms with van der Waals surface area (Å²) in [7, 11) is -4.34. The minimum Gasteiger partial charge on any atom is -0.322 e. The number of sulfonamides is 1. The number of carbonyl (C=O) groups is 2. The summed E-state index contributed by atoms with van der Waals surface area (Å²) in [5.74, 6) is -0.949.